The van der Waals surface area contributed by atoms with Crippen molar-refractivity contribution in [2.24, 2.45) is 0 Å². The Balaban J connectivity index is 4.28. The van der Waals surface area contributed by atoms with Crippen LogP contribution in [0.5, 0.6) is 0 Å². The van der Waals surface area contributed by atoms with E-state index in [2.05, 4.69) is 19.1 Å². The summed E-state index contributed by atoms with van der Waals surface area (Å²) in [5, 5.41) is 0. The summed E-state index contributed by atoms with van der Waals surface area (Å²) < 4.78 is 17.3. The Morgan fingerprint density at radius 2 is 1.31 bits per heavy atom. The number of rotatable bonds is 10. The first kappa shape index (κ1) is 15.8. The Kier molecular flexibility index (Phi) is 9.92. The third-order valence-electron chi connectivity index (χ3n) is 2.11. The zero-order valence-corrected chi connectivity index (χ0v) is 12.1. The molecule has 0 spiro atoms. The highest BCUT2D eigenvalue weighted by Gasteiger charge is 2.39. The van der Waals surface area contributed by atoms with Crippen molar-refractivity contribution in [1.82, 2.24) is 0 Å². The number of hydrogen-bond acceptors (Lipinski definition) is 3. The summed E-state index contributed by atoms with van der Waals surface area (Å²) in [5.74, 6) is 0. The molecule has 0 radical (unpaired) electrons. The van der Waals surface area contributed by atoms with Crippen LogP contribution in [0.4, 0.5) is 0 Å². The second kappa shape index (κ2) is 10.0. The van der Waals surface area contributed by atoms with Crippen molar-refractivity contribution in [2.45, 2.75) is 46.6 Å². The van der Waals surface area contributed by atoms with Crippen LogP contribution >= 0.6 is 0 Å². The van der Waals surface area contributed by atoms with Crippen molar-refractivity contribution >= 4 is 8.80 Å². The van der Waals surface area contributed by atoms with Gasteiger partial charge in [0.05, 0.1) is 0 Å². The Bertz CT molecular complexity index is 166. The van der Waals surface area contributed by atoms with Crippen LogP contribution in [0.1, 0.15) is 40.5 Å². The molecule has 0 rings (SSSR count). The second-order valence-corrected chi connectivity index (χ2v) is 6.13. The Hall–Kier alpha value is -0.163. The zero-order valence-electron chi connectivity index (χ0n) is 11.1. The smallest absolute Gasteiger partial charge is 0.374 e. The molecule has 0 saturated heterocycles. The monoisotopic (exact) mass is 246 g/mol. The van der Waals surface area contributed by atoms with Gasteiger partial charge in [0.15, 0.2) is 0 Å². The Morgan fingerprint density at radius 1 is 0.812 bits per heavy atom. The molecule has 0 aliphatic heterocycles. The van der Waals surface area contributed by atoms with Gasteiger partial charge in [-0.3, -0.25) is 0 Å². The van der Waals surface area contributed by atoms with E-state index in [0.29, 0.717) is 19.8 Å². The van der Waals surface area contributed by atoms with Crippen molar-refractivity contribution in [3.8, 4) is 0 Å². The molecule has 0 aromatic heterocycles. The molecular weight excluding hydrogens is 220 g/mol. The van der Waals surface area contributed by atoms with E-state index in [1.807, 2.05) is 20.8 Å². The second-order valence-electron chi connectivity index (χ2n) is 3.40. The minimum absolute atomic E-state index is 0.656. The lowest BCUT2D eigenvalue weighted by Gasteiger charge is -2.28. The van der Waals surface area contributed by atoms with Crippen LogP contribution in [0.15, 0.2) is 12.2 Å². The van der Waals surface area contributed by atoms with Gasteiger partial charge in [-0.25, -0.2) is 0 Å². The summed E-state index contributed by atoms with van der Waals surface area (Å²) in [7, 11) is -2.40. The van der Waals surface area contributed by atoms with Crippen LogP contribution in [-0.2, 0) is 13.3 Å². The first-order valence-corrected chi connectivity index (χ1v) is 8.24. The maximum Gasteiger partial charge on any atom is 0.501 e. The Labute approximate surface area is 101 Å². The topological polar surface area (TPSA) is 27.7 Å². The summed E-state index contributed by atoms with van der Waals surface area (Å²) >= 11 is 0. The van der Waals surface area contributed by atoms with E-state index in [4.69, 9.17) is 13.3 Å². The van der Waals surface area contributed by atoms with Gasteiger partial charge in [-0.15, -0.1) is 0 Å². The minimum Gasteiger partial charge on any atom is -0.374 e. The molecule has 0 saturated carbocycles. The first-order valence-electron chi connectivity index (χ1n) is 6.31. The highest BCUT2D eigenvalue weighted by molar-refractivity contribution is 6.60. The van der Waals surface area contributed by atoms with Gasteiger partial charge in [0.1, 0.15) is 0 Å². The van der Waals surface area contributed by atoms with Crippen LogP contribution in [0.3, 0.4) is 0 Å². The molecule has 16 heavy (non-hydrogen) atoms. The van der Waals surface area contributed by atoms with Gasteiger partial charge >= 0.3 is 8.80 Å². The van der Waals surface area contributed by atoms with Gasteiger partial charge in [0.2, 0.25) is 0 Å². The molecule has 0 unspecified atom stereocenters. The summed E-state index contributed by atoms with van der Waals surface area (Å²) in [4.78, 5) is 0. The summed E-state index contributed by atoms with van der Waals surface area (Å²) in [5.41, 5.74) is 0. The largest absolute Gasteiger partial charge is 0.501 e. The van der Waals surface area contributed by atoms with E-state index in [-0.39, 0.29) is 0 Å². The van der Waals surface area contributed by atoms with Crippen LogP contribution in [-0.4, -0.2) is 28.6 Å². The van der Waals surface area contributed by atoms with Crippen molar-refractivity contribution < 1.29 is 13.3 Å². The zero-order chi connectivity index (χ0) is 12.3. The molecule has 0 bridgehead atoms. The normalized spacial score (nSPS) is 12.5. The van der Waals surface area contributed by atoms with Crippen LogP contribution in [0.25, 0.3) is 0 Å². The molecule has 4 heteroatoms. The fourth-order valence-corrected chi connectivity index (χ4v) is 4.07. The molecular formula is C12H26O3Si. The fourth-order valence-electron chi connectivity index (χ4n) is 1.55. The highest BCUT2D eigenvalue weighted by Crippen LogP contribution is 2.18. The molecule has 0 aliphatic carbocycles. The third-order valence-corrected chi connectivity index (χ3v) is 5.20. The molecule has 0 heterocycles. The van der Waals surface area contributed by atoms with Gasteiger partial charge in [-0.2, -0.15) is 0 Å². The lowest BCUT2D eigenvalue weighted by molar-refractivity contribution is 0.0716. The predicted octanol–water partition coefficient (Wildman–Crippen LogP) is 3.39. The van der Waals surface area contributed by atoms with Crippen LogP contribution in [0.2, 0.25) is 6.04 Å². The van der Waals surface area contributed by atoms with Crippen LogP contribution in [0, 0.1) is 0 Å². The summed E-state index contributed by atoms with van der Waals surface area (Å²) in [6, 6.07) is 0.874. The lowest BCUT2D eigenvalue weighted by Crippen LogP contribution is -2.45. The van der Waals surface area contributed by atoms with E-state index < -0.39 is 8.80 Å². The molecule has 0 aromatic rings. The molecule has 0 N–H and O–H groups in total. The van der Waals surface area contributed by atoms with Gasteiger partial charge in [0.25, 0.3) is 0 Å². The summed E-state index contributed by atoms with van der Waals surface area (Å²) in [6.07, 6.45) is 6.40. The van der Waals surface area contributed by atoms with Crippen molar-refractivity contribution in [2.75, 3.05) is 19.8 Å². The third kappa shape index (κ3) is 6.43. The average molecular weight is 246 g/mol. The Morgan fingerprint density at radius 3 is 1.69 bits per heavy atom. The van der Waals surface area contributed by atoms with E-state index >= 15 is 0 Å². The van der Waals surface area contributed by atoms with Crippen molar-refractivity contribution in [3.05, 3.63) is 12.2 Å². The fraction of sp³-hybridized carbons (Fsp3) is 0.833. The van der Waals surface area contributed by atoms with E-state index in [1.165, 1.54) is 0 Å². The standard InChI is InChI=1S/C12H26O3Si/c1-5-9-10-11-12-16(13-6-2,14-7-3)15-8-4/h9-10H,5-8,11-12H2,1-4H3. The SMILES string of the molecule is CCC=CCC[Si](OCC)(OCC)OCC. The molecule has 0 amide bonds. The van der Waals surface area contributed by atoms with Gasteiger partial charge in [0, 0.05) is 25.9 Å². The molecule has 0 aliphatic rings. The molecule has 0 fully saturated rings. The van der Waals surface area contributed by atoms with Gasteiger partial charge in [-0.1, -0.05) is 19.1 Å². The highest BCUT2D eigenvalue weighted by atomic mass is 28.4. The molecule has 3 nitrogen and oxygen atoms in total. The maximum absolute atomic E-state index is 5.75. The number of hydrogen-bond donors (Lipinski definition) is 0. The average Bonchev–Trinajstić information content (AvgIpc) is 2.26. The summed E-state index contributed by atoms with van der Waals surface area (Å²) in [6.45, 7) is 10.1. The van der Waals surface area contributed by atoms with E-state index in [1.54, 1.807) is 0 Å². The quantitative estimate of drug-likeness (QED) is 0.437. The lowest BCUT2D eigenvalue weighted by atomic mass is 10.4. The van der Waals surface area contributed by atoms with Gasteiger partial charge < -0.3 is 13.3 Å². The van der Waals surface area contributed by atoms with Crippen LogP contribution < -0.4 is 0 Å². The van der Waals surface area contributed by atoms with Gasteiger partial charge in [-0.05, 0) is 33.6 Å². The molecule has 0 atom stereocenters. The molecule has 0 aromatic carbocycles. The van der Waals surface area contributed by atoms with E-state index in [0.717, 1.165) is 18.9 Å². The predicted molar refractivity (Wildman–Crippen MR) is 69.5 cm³/mol. The number of allylic oxidation sites excluding steroid dienone is 2. The maximum atomic E-state index is 5.75. The first-order chi connectivity index (χ1) is 7.74. The van der Waals surface area contributed by atoms with E-state index in [9.17, 15) is 0 Å². The van der Waals surface area contributed by atoms with Crippen molar-refractivity contribution in [1.29, 1.82) is 0 Å². The molecule has 96 valence electrons. The van der Waals surface area contributed by atoms with Crippen molar-refractivity contribution in [3.63, 3.8) is 0 Å². The minimum atomic E-state index is -2.40.